The molecule has 0 saturated carbocycles. The summed E-state index contributed by atoms with van der Waals surface area (Å²) in [6, 6.07) is 4.50. The summed E-state index contributed by atoms with van der Waals surface area (Å²) >= 11 is 0. The first-order chi connectivity index (χ1) is 8.91. The van der Waals surface area contributed by atoms with Crippen LogP contribution in [0.4, 0.5) is 5.69 Å². The second kappa shape index (κ2) is 6.28. The van der Waals surface area contributed by atoms with Gasteiger partial charge in [-0.05, 0) is 12.1 Å². The van der Waals surface area contributed by atoms with E-state index in [4.69, 9.17) is 9.47 Å². The fourth-order valence-electron chi connectivity index (χ4n) is 1.33. The van der Waals surface area contributed by atoms with E-state index in [1.54, 1.807) is 6.07 Å². The second-order valence-electron chi connectivity index (χ2n) is 3.51. The number of rotatable bonds is 6. The van der Waals surface area contributed by atoms with Gasteiger partial charge in [-0.15, -0.1) is 0 Å². The number of esters is 1. The largest absolute Gasteiger partial charge is 0.493 e. The van der Waals surface area contributed by atoms with E-state index in [0.717, 1.165) is 7.11 Å². The van der Waals surface area contributed by atoms with Gasteiger partial charge >= 0.3 is 5.97 Å². The van der Waals surface area contributed by atoms with Gasteiger partial charge in [0.15, 0.2) is 17.3 Å². The summed E-state index contributed by atoms with van der Waals surface area (Å²) in [5.74, 6) is -0.746. The molecule has 0 unspecified atom stereocenters. The summed E-state index contributed by atoms with van der Waals surface area (Å²) in [4.78, 5) is 11.0. The Morgan fingerprint density at radius 2 is 1.79 bits per heavy atom. The Kier molecular flexibility index (Phi) is 4.99. The first kappa shape index (κ1) is 15.1. The van der Waals surface area contributed by atoms with Crippen LogP contribution in [0.15, 0.2) is 18.2 Å². The predicted octanol–water partition coefficient (Wildman–Crippen LogP) is 0.618. The SMILES string of the molecule is COC(=O)CS(=O)(=O)Nc1ccc(OC)c(OC)c1. The molecular weight excluding hydrogens is 274 g/mol. The van der Waals surface area contributed by atoms with Crippen molar-refractivity contribution in [3.63, 3.8) is 0 Å². The van der Waals surface area contributed by atoms with Gasteiger partial charge in [-0.1, -0.05) is 0 Å². The number of benzene rings is 1. The zero-order valence-electron chi connectivity index (χ0n) is 10.8. The molecule has 0 bridgehead atoms. The molecule has 19 heavy (non-hydrogen) atoms. The molecular formula is C11H15NO6S. The third-order valence-corrected chi connectivity index (χ3v) is 3.35. The van der Waals surface area contributed by atoms with Crippen molar-refractivity contribution in [2.75, 3.05) is 31.8 Å². The molecule has 0 aliphatic rings. The Morgan fingerprint density at radius 1 is 1.16 bits per heavy atom. The Hall–Kier alpha value is -1.96. The molecule has 0 aliphatic carbocycles. The summed E-state index contributed by atoms with van der Waals surface area (Å²) < 4.78 is 39.9. The van der Waals surface area contributed by atoms with Crippen LogP contribution in [0.1, 0.15) is 0 Å². The van der Waals surface area contributed by atoms with Crippen LogP contribution in [0.2, 0.25) is 0 Å². The van der Waals surface area contributed by atoms with Crippen LogP contribution in [-0.2, 0) is 19.6 Å². The summed E-state index contributed by atoms with van der Waals surface area (Å²) in [6.07, 6.45) is 0. The van der Waals surface area contributed by atoms with Gasteiger partial charge in [0.1, 0.15) is 0 Å². The number of nitrogens with one attached hydrogen (secondary N) is 1. The van der Waals surface area contributed by atoms with Crippen molar-refractivity contribution in [2.24, 2.45) is 0 Å². The van der Waals surface area contributed by atoms with Crippen molar-refractivity contribution in [3.8, 4) is 11.5 Å². The molecule has 8 heteroatoms. The summed E-state index contributed by atoms with van der Waals surface area (Å²) in [6.45, 7) is 0. The minimum absolute atomic E-state index is 0.265. The topological polar surface area (TPSA) is 90.9 Å². The highest BCUT2D eigenvalue weighted by Gasteiger charge is 2.17. The lowest BCUT2D eigenvalue weighted by atomic mass is 10.3. The number of carbonyl (C=O) groups is 1. The van der Waals surface area contributed by atoms with E-state index < -0.39 is 21.7 Å². The fraction of sp³-hybridized carbons (Fsp3) is 0.364. The molecule has 7 nitrogen and oxygen atoms in total. The quantitative estimate of drug-likeness (QED) is 0.772. The molecule has 0 spiro atoms. The zero-order chi connectivity index (χ0) is 14.5. The van der Waals surface area contributed by atoms with Crippen LogP contribution < -0.4 is 14.2 Å². The molecule has 1 aromatic rings. The van der Waals surface area contributed by atoms with Gasteiger partial charge in [0.05, 0.1) is 27.0 Å². The number of ether oxygens (including phenoxy) is 3. The van der Waals surface area contributed by atoms with E-state index in [0.29, 0.717) is 11.5 Å². The number of hydrogen-bond acceptors (Lipinski definition) is 6. The standard InChI is InChI=1S/C11H15NO6S/c1-16-9-5-4-8(6-10(9)17-2)12-19(14,15)7-11(13)18-3/h4-6,12H,7H2,1-3H3. The number of sulfonamides is 1. The number of carbonyl (C=O) groups excluding carboxylic acids is 1. The average Bonchev–Trinajstić information content (AvgIpc) is 2.37. The van der Waals surface area contributed by atoms with Gasteiger partial charge < -0.3 is 14.2 Å². The lowest BCUT2D eigenvalue weighted by Gasteiger charge is -2.11. The normalized spacial score (nSPS) is 10.7. The van der Waals surface area contributed by atoms with Gasteiger partial charge in [0.25, 0.3) is 0 Å². The monoisotopic (exact) mass is 289 g/mol. The lowest BCUT2D eigenvalue weighted by Crippen LogP contribution is -2.23. The smallest absolute Gasteiger partial charge is 0.322 e. The third kappa shape index (κ3) is 4.32. The van der Waals surface area contributed by atoms with Crippen LogP contribution >= 0.6 is 0 Å². The second-order valence-corrected chi connectivity index (χ2v) is 5.23. The van der Waals surface area contributed by atoms with Crippen LogP contribution in [0.3, 0.4) is 0 Å². The minimum atomic E-state index is -3.81. The number of anilines is 1. The van der Waals surface area contributed by atoms with Crippen molar-refractivity contribution in [1.29, 1.82) is 0 Å². The van der Waals surface area contributed by atoms with Crippen molar-refractivity contribution in [3.05, 3.63) is 18.2 Å². The fourth-order valence-corrected chi connectivity index (χ4v) is 2.32. The molecule has 0 saturated heterocycles. The summed E-state index contributed by atoms with van der Waals surface area (Å²) in [5.41, 5.74) is 0.265. The molecule has 0 fully saturated rings. The highest BCUT2D eigenvalue weighted by molar-refractivity contribution is 7.93. The number of methoxy groups -OCH3 is 3. The molecule has 1 rings (SSSR count). The van der Waals surface area contributed by atoms with Crippen LogP contribution in [-0.4, -0.2) is 41.5 Å². The van der Waals surface area contributed by atoms with Gasteiger partial charge in [0.2, 0.25) is 10.0 Å². The average molecular weight is 289 g/mol. The van der Waals surface area contributed by atoms with E-state index in [1.165, 1.54) is 26.4 Å². The molecule has 0 radical (unpaired) electrons. The van der Waals surface area contributed by atoms with Crippen LogP contribution in [0.5, 0.6) is 11.5 Å². The molecule has 1 aromatic carbocycles. The first-order valence-corrected chi connectivity index (χ1v) is 6.86. The predicted molar refractivity (Wildman–Crippen MR) is 69.0 cm³/mol. The molecule has 0 aliphatic heterocycles. The first-order valence-electron chi connectivity index (χ1n) is 5.21. The van der Waals surface area contributed by atoms with Crippen molar-refractivity contribution in [1.82, 2.24) is 0 Å². The molecule has 0 amide bonds. The third-order valence-electron chi connectivity index (χ3n) is 2.19. The Bertz CT molecular complexity index is 554. The molecule has 0 aromatic heterocycles. The molecule has 1 N–H and O–H groups in total. The molecule has 106 valence electrons. The van der Waals surface area contributed by atoms with Crippen molar-refractivity contribution in [2.45, 2.75) is 0 Å². The molecule has 0 atom stereocenters. The minimum Gasteiger partial charge on any atom is -0.493 e. The number of hydrogen-bond donors (Lipinski definition) is 1. The Labute approximate surface area is 111 Å². The maximum Gasteiger partial charge on any atom is 0.322 e. The maximum absolute atomic E-state index is 11.6. The zero-order valence-corrected chi connectivity index (χ0v) is 11.6. The highest BCUT2D eigenvalue weighted by atomic mass is 32.2. The Balaban J connectivity index is 2.91. The van der Waals surface area contributed by atoms with Crippen molar-refractivity contribution >= 4 is 21.7 Å². The Morgan fingerprint density at radius 3 is 2.32 bits per heavy atom. The van der Waals surface area contributed by atoms with Crippen LogP contribution in [0.25, 0.3) is 0 Å². The van der Waals surface area contributed by atoms with Crippen molar-refractivity contribution < 1.29 is 27.4 Å². The van der Waals surface area contributed by atoms with E-state index in [2.05, 4.69) is 9.46 Å². The van der Waals surface area contributed by atoms with E-state index in [-0.39, 0.29) is 5.69 Å². The van der Waals surface area contributed by atoms with Gasteiger partial charge in [0, 0.05) is 6.07 Å². The highest BCUT2D eigenvalue weighted by Crippen LogP contribution is 2.30. The molecule has 0 heterocycles. The van der Waals surface area contributed by atoms with Gasteiger partial charge in [-0.25, -0.2) is 8.42 Å². The maximum atomic E-state index is 11.6. The van der Waals surface area contributed by atoms with Crippen LogP contribution in [0, 0.1) is 0 Å². The summed E-state index contributed by atoms with van der Waals surface area (Å²) in [7, 11) is 0.214. The van der Waals surface area contributed by atoms with E-state index in [1.807, 2.05) is 0 Å². The lowest BCUT2D eigenvalue weighted by molar-refractivity contribution is -0.137. The summed E-state index contributed by atoms with van der Waals surface area (Å²) in [5, 5.41) is 0. The van der Waals surface area contributed by atoms with E-state index in [9.17, 15) is 13.2 Å². The van der Waals surface area contributed by atoms with Gasteiger partial charge in [-0.2, -0.15) is 0 Å². The van der Waals surface area contributed by atoms with Gasteiger partial charge in [-0.3, -0.25) is 9.52 Å². The van der Waals surface area contributed by atoms with E-state index >= 15 is 0 Å².